The minimum Gasteiger partial charge on any atom is -0.508 e. The quantitative estimate of drug-likeness (QED) is 0.696. The van der Waals surface area contributed by atoms with E-state index < -0.39 is 0 Å². The van der Waals surface area contributed by atoms with Gasteiger partial charge in [0.05, 0.1) is 13.2 Å². The molecular formula is C12H16N2O3. The first-order valence-corrected chi connectivity index (χ1v) is 5.64. The third-order valence-corrected chi connectivity index (χ3v) is 2.62. The highest BCUT2D eigenvalue weighted by Gasteiger charge is 2.14. The molecule has 5 nitrogen and oxygen atoms in total. The van der Waals surface area contributed by atoms with Crippen LogP contribution in [-0.4, -0.2) is 43.4 Å². The molecule has 1 aromatic carbocycles. The van der Waals surface area contributed by atoms with E-state index in [0.717, 1.165) is 13.2 Å². The monoisotopic (exact) mass is 236 g/mol. The number of phenols is 1. The van der Waals surface area contributed by atoms with Gasteiger partial charge >= 0.3 is 0 Å². The maximum Gasteiger partial charge on any atom is 0.251 e. The minimum atomic E-state index is -0.187. The Morgan fingerprint density at radius 1 is 1.59 bits per heavy atom. The van der Waals surface area contributed by atoms with E-state index in [1.807, 2.05) is 0 Å². The number of carbonyl (C=O) groups is 1. The van der Waals surface area contributed by atoms with Crippen LogP contribution >= 0.6 is 0 Å². The van der Waals surface area contributed by atoms with Crippen LogP contribution in [0.25, 0.3) is 0 Å². The molecule has 5 heteroatoms. The number of carbonyl (C=O) groups excluding carboxylic acids is 1. The molecule has 1 atom stereocenters. The lowest BCUT2D eigenvalue weighted by molar-refractivity contribution is 0.0734. The topological polar surface area (TPSA) is 70.6 Å². The fraction of sp³-hybridized carbons (Fsp3) is 0.417. The van der Waals surface area contributed by atoms with Gasteiger partial charge in [-0.3, -0.25) is 4.79 Å². The smallest absolute Gasteiger partial charge is 0.251 e. The Morgan fingerprint density at radius 3 is 3.18 bits per heavy atom. The van der Waals surface area contributed by atoms with E-state index in [-0.39, 0.29) is 17.7 Å². The second kappa shape index (κ2) is 5.65. The maximum absolute atomic E-state index is 11.7. The fourth-order valence-corrected chi connectivity index (χ4v) is 1.72. The fourth-order valence-electron chi connectivity index (χ4n) is 1.72. The van der Waals surface area contributed by atoms with E-state index in [0.29, 0.717) is 18.7 Å². The summed E-state index contributed by atoms with van der Waals surface area (Å²) in [6.07, 6.45) is 0. The Balaban J connectivity index is 1.84. The third-order valence-electron chi connectivity index (χ3n) is 2.62. The van der Waals surface area contributed by atoms with E-state index >= 15 is 0 Å². The molecular weight excluding hydrogens is 220 g/mol. The molecule has 2 rings (SSSR count). The number of hydrogen-bond donors (Lipinski definition) is 3. The van der Waals surface area contributed by atoms with Gasteiger partial charge in [0.2, 0.25) is 0 Å². The molecule has 1 aliphatic rings. The largest absolute Gasteiger partial charge is 0.508 e. The number of morpholine rings is 1. The number of aromatic hydroxyl groups is 1. The summed E-state index contributed by atoms with van der Waals surface area (Å²) >= 11 is 0. The number of rotatable bonds is 3. The SMILES string of the molecule is O=C(NCC1COCCN1)c1cccc(O)c1. The molecule has 1 fully saturated rings. The molecule has 1 aromatic rings. The second-order valence-corrected chi connectivity index (χ2v) is 3.99. The molecule has 0 spiro atoms. The summed E-state index contributed by atoms with van der Waals surface area (Å²) in [5, 5.41) is 15.3. The summed E-state index contributed by atoms with van der Waals surface area (Å²) in [5.41, 5.74) is 0.460. The Kier molecular flexibility index (Phi) is 3.95. The van der Waals surface area contributed by atoms with Crippen LogP contribution in [0, 0.1) is 0 Å². The van der Waals surface area contributed by atoms with E-state index in [1.54, 1.807) is 12.1 Å². The van der Waals surface area contributed by atoms with Crippen molar-refractivity contribution in [1.29, 1.82) is 0 Å². The zero-order valence-electron chi connectivity index (χ0n) is 9.48. The highest BCUT2D eigenvalue weighted by molar-refractivity contribution is 5.94. The van der Waals surface area contributed by atoms with Gasteiger partial charge in [0.25, 0.3) is 5.91 Å². The van der Waals surface area contributed by atoms with Crippen molar-refractivity contribution in [3.63, 3.8) is 0 Å². The molecule has 1 heterocycles. The molecule has 0 aliphatic carbocycles. The average molecular weight is 236 g/mol. The zero-order valence-corrected chi connectivity index (χ0v) is 9.48. The van der Waals surface area contributed by atoms with Gasteiger partial charge in [-0.15, -0.1) is 0 Å². The van der Waals surface area contributed by atoms with Crippen molar-refractivity contribution in [2.45, 2.75) is 6.04 Å². The van der Waals surface area contributed by atoms with Crippen molar-refractivity contribution in [3.05, 3.63) is 29.8 Å². The molecule has 0 bridgehead atoms. The van der Waals surface area contributed by atoms with Crippen molar-refractivity contribution >= 4 is 5.91 Å². The van der Waals surface area contributed by atoms with Gasteiger partial charge in [-0.05, 0) is 18.2 Å². The van der Waals surface area contributed by atoms with E-state index in [4.69, 9.17) is 4.74 Å². The minimum absolute atomic E-state index is 0.0942. The Morgan fingerprint density at radius 2 is 2.47 bits per heavy atom. The first-order chi connectivity index (χ1) is 8.25. The third kappa shape index (κ3) is 3.44. The molecule has 1 saturated heterocycles. The van der Waals surface area contributed by atoms with Crippen molar-refractivity contribution in [1.82, 2.24) is 10.6 Å². The summed E-state index contributed by atoms with van der Waals surface area (Å²) in [5.74, 6) is -0.0925. The molecule has 17 heavy (non-hydrogen) atoms. The van der Waals surface area contributed by atoms with Crippen LogP contribution in [0.4, 0.5) is 0 Å². The van der Waals surface area contributed by atoms with Crippen molar-refractivity contribution in [2.24, 2.45) is 0 Å². The molecule has 0 saturated carbocycles. The summed E-state index contributed by atoms with van der Waals surface area (Å²) in [7, 11) is 0. The number of phenolic OH excluding ortho intramolecular Hbond substituents is 1. The lowest BCUT2D eigenvalue weighted by Gasteiger charge is -2.23. The summed E-state index contributed by atoms with van der Waals surface area (Å²) in [4.78, 5) is 11.7. The van der Waals surface area contributed by atoms with E-state index in [1.165, 1.54) is 12.1 Å². The summed E-state index contributed by atoms with van der Waals surface area (Å²) in [6, 6.07) is 6.45. The summed E-state index contributed by atoms with van der Waals surface area (Å²) < 4.78 is 5.29. The molecule has 0 radical (unpaired) electrons. The predicted molar refractivity (Wildman–Crippen MR) is 63.0 cm³/mol. The zero-order chi connectivity index (χ0) is 12.1. The van der Waals surface area contributed by atoms with Gasteiger partial charge in [0, 0.05) is 24.7 Å². The highest BCUT2D eigenvalue weighted by atomic mass is 16.5. The van der Waals surface area contributed by atoms with Crippen LogP contribution < -0.4 is 10.6 Å². The van der Waals surface area contributed by atoms with Gasteiger partial charge in [0.1, 0.15) is 5.75 Å². The van der Waals surface area contributed by atoms with E-state index in [9.17, 15) is 9.90 Å². The van der Waals surface area contributed by atoms with E-state index in [2.05, 4.69) is 10.6 Å². The molecule has 1 amide bonds. The van der Waals surface area contributed by atoms with Crippen LogP contribution in [0.5, 0.6) is 5.75 Å². The lowest BCUT2D eigenvalue weighted by atomic mass is 10.2. The molecule has 0 aromatic heterocycles. The van der Waals surface area contributed by atoms with Gasteiger partial charge in [0.15, 0.2) is 0 Å². The van der Waals surface area contributed by atoms with Crippen LogP contribution in [0.3, 0.4) is 0 Å². The van der Waals surface area contributed by atoms with Gasteiger partial charge < -0.3 is 20.5 Å². The Bertz CT molecular complexity index is 389. The number of benzene rings is 1. The van der Waals surface area contributed by atoms with Crippen LogP contribution in [0.2, 0.25) is 0 Å². The number of hydrogen-bond acceptors (Lipinski definition) is 4. The first kappa shape index (κ1) is 11.9. The molecule has 3 N–H and O–H groups in total. The van der Waals surface area contributed by atoms with Crippen LogP contribution in [0.1, 0.15) is 10.4 Å². The lowest BCUT2D eigenvalue weighted by Crippen LogP contribution is -2.48. The average Bonchev–Trinajstić information content (AvgIpc) is 2.37. The maximum atomic E-state index is 11.7. The second-order valence-electron chi connectivity index (χ2n) is 3.99. The standard InChI is InChI=1S/C12H16N2O3/c15-11-3-1-2-9(6-11)12(16)14-7-10-8-17-5-4-13-10/h1-3,6,10,13,15H,4-5,7-8H2,(H,14,16). The van der Waals surface area contributed by atoms with Crippen LogP contribution in [-0.2, 0) is 4.74 Å². The normalized spacial score (nSPS) is 19.9. The summed E-state index contributed by atoms with van der Waals surface area (Å²) in [6.45, 7) is 2.67. The van der Waals surface area contributed by atoms with Crippen LogP contribution in [0.15, 0.2) is 24.3 Å². The molecule has 92 valence electrons. The Labute approximate surface area is 99.8 Å². The van der Waals surface area contributed by atoms with Crippen molar-refractivity contribution in [3.8, 4) is 5.75 Å². The van der Waals surface area contributed by atoms with Gasteiger partial charge in [-0.1, -0.05) is 6.07 Å². The predicted octanol–water partition coefficient (Wildman–Crippen LogP) is 0.110. The van der Waals surface area contributed by atoms with Crippen molar-refractivity contribution in [2.75, 3.05) is 26.3 Å². The Hall–Kier alpha value is -1.59. The number of amides is 1. The highest BCUT2D eigenvalue weighted by Crippen LogP contribution is 2.10. The first-order valence-electron chi connectivity index (χ1n) is 5.64. The van der Waals surface area contributed by atoms with Gasteiger partial charge in [-0.2, -0.15) is 0 Å². The molecule has 1 aliphatic heterocycles. The number of ether oxygens (including phenoxy) is 1. The van der Waals surface area contributed by atoms with Gasteiger partial charge in [-0.25, -0.2) is 0 Å². The number of nitrogens with one attached hydrogen (secondary N) is 2. The molecule has 1 unspecified atom stereocenters. The van der Waals surface area contributed by atoms with Crippen molar-refractivity contribution < 1.29 is 14.6 Å².